The van der Waals surface area contributed by atoms with Crippen molar-refractivity contribution in [3.05, 3.63) is 17.5 Å². The Morgan fingerprint density at radius 1 is 1.21 bits per heavy atom. The molecule has 4 rings (SSSR count). The molecule has 0 aliphatic carbocycles. The van der Waals surface area contributed by atoms with Gasteiger partial charge in [0.15, 0.2) is 0 Å². The van der Waals surface area contributed by atoms with Crippen LogP contribution in [0.5, 0.6) is 0 Å². The Kier molecular flexibility index (Phi) is 4.77. The van der Waals surface area contributed by atoms with Gasteiger partial charge >= 0.3 is 0 Å². The van der Waals surface area contributed by atoms with Gasteiger partial charge in [0.2, 0.25) is 17.7 Å². The fourth-order valence-corrected chi connectivity index (χ4v) is 4.88. The molecule has 3 aliphatic rings. The van der Waals surface area contributed by atoms with E-state index >= 15 is 0 Å². The monoisotopic (exact) mass is 388 g/mol. The maximum absolute atomic E-state index is 12.8. The van der Waals surface area contributed by atoms with Crippen LogP contribution in [0.25, 0.3) is 0 Å². The number of nitrogens with one attached hydrogen (secondary N) is 1. The zero-order valence-corrected chi connectivity index (χ0v) is 16.8. The molecule has 0 unspecified atom stereocenters. The molecule has 3 fully saturated rings. The number of aromatic nitrogens is 2. The number of likely N-dealkylation sites (tertiary alicyclic amines) is 1. The lowest BCUT2D eigenvalue weighted by molar-refractivity contribution is -0.149. The van der Waals surface area contributed by atoms with Gasteiger partial charge in [-0.3, -0.25) is 24.0 Å². The molecular weight excluding hydrogens is 360 g/mol. The minimum atomic E-state index is -0.800. The molecule has 0 aromatic carbocycles. The standard InChI is InChI=1S/C20H28N4O4/c1-10(9-23-12(3)7-11(2)22-23)8-21-18(25)13(4)24-19(26)16-14-5-6-15(28-14)17(16)20(24)27/h7,10,13-17H,5-6,8-9H2,1-4H3,(H,21,25)/t10-,13+,14-,15-,16-,17-/m1/s1. The number of carbonyl (C=O) groups is 3. The first-order chi connectivity index (χ1) is 13.3. The zero-order chi connectivity index (χ0) is 20.2. The van der Waals surface area contributed by atoms with E-state index in [1.165, 1.54) is 4.90 Å². The highest BCUT2D eigenvalue weighted by molar-refractivity contribution is 6.09. The maximum Gasteiger partial charge on any atom is 0.243 e. The van der Waals surface area contributed by atoms with Gasteiger partial charge in [-0.1, -0.05) is 6.92 Å². The number of amides is 3. The Morgan fingerprint density at radius 3 is 2.36 bits per heavy atom. The quantitative estimate of drug-likeness (QED) is 0.728. The number of hydrogen-bond acceptors (Lipinski definition) is 5. The molecule has 28 heavy (non-hydrogen) atoms. The Hall–Kier alpha value is -2.22. The molecule has 0 saturated carbocycles. The lowest BCUT2D eigenvalue weighted by Gasteiger charge is -2.24. The highest BCUT2D eigenvalue weighted by Crippen LogP contribution is 2.48. The Morgan fingerprint density at radius 2 is 1.82 bits per heavy atom. The molecule has 6 atom stereocenters. The first-order valence-corrected chi connectivity index (χ1v) is 10.1. The molecule has 1 N–H and O–H groups in total. The maximum atomic E-state index is 12.8. The van der Waals surface area contributed by atoms with Crippen LogP contribution in [0.1, 0.15) is 38.1 Å². The van der Waals surface area contributed by atoms with Crippen LogP contribution in [-0.2, 0) is 25.7 Å². The third-order valence-corrected chi connectivity index (χ3v) is 6.30. The highest BCUT2D eigenvalue weighted by atomic mass is 16.5. The van der Waals surface area contributed by atoms with Crippen LogP contribution in [-0.4, -0.2) is 57.2 Å². The minimum absolute atomic E-state index is 0.160. The largest absolute Gasteiger partial charge is 0.373 e. The van der Waals surface area contributed by atoms with Gasteiger partial charge in [-0.25, -0.2) is 0 Å². The van der Waals surface area contributed by atoms with E-state index in [1.807, 2.05) is 31.5 Å². The van der Waals surface area contributed by atoms with Gasteiger partial charge in [-0.2, -0.15) is 5.10 Å². The minimum Gasteiger partial charge on any atom is -0.373 e. The predicted molar refractivity (Wildman–Crippen MR) is 100 cm³/mol. The van der Waals surface area contributed by atoms with Crippen LogP contribution in [0.3, 0.4) is 0 Å². The van der Waals surface area contributed by atoms with Crippen LogP contribution in [0.2, 0.25) is 0 Å². The zero-order valence-electron chi connectivity index (χ0n) is 16.8. The smallest absolute Gasteiger partial charge is 0.243 e. The van der Waals surface area contributed by atoms with E-state index in [4.69, 9.17) is 4.74 Å². The van der Waals surface area contributed by atoms with Crippen molar-refractivity contribution in [1.82, 2.24) is 20.0 Å². The molecule has 1 aromatic rings. The van der Waals surface area contributed by atoms with Gasteiger partial charge in [-0.05, 0) is 45.6 Å². The van der Waals surface area contributed by atoms with E-state index in [0.717, 1.165) is 24.2 Å². The topological polar surface area (TPSA) is 93.5 Å². The number of rotatable bonds is 6. The van der Waals surface area contributed by atoms with Crippen molar-refractivity contribution in [3.63, 3.8) is 0 Å². The second kappa shape index (κ2) is 6.99. The summed E-state index contributed by atoms with van der Waals surface area (Å²) in [5.74, 6) is -1.42. The van der Waals surface area contributed by atoms with Crippen molar-refractivity contribution >= 4 is 17.7 Å². The summed E-state index contributed by atoms with van der Waals surface area (Å²) in [6.07, 6.45) is 1.33. The first-order valence-electron chi connectivity index (χ1n) is 10.1. The Bertz CT molecular complexity index is 791. The molecule has 8 heteroatoms. The predicted octanol–water partition coefficient (Wildman–Crippen LogP) is 0.803. The molecule has 152 valence electrons. The molecule has 8 nitrogen and oxygen atoms in total. The van der Waals surface area contributed by atoms with Gasteiger partial charge in [0.05, 0.1) is 29.7 Å². The van der Waals surface area contributed by atoms with E-state index in [2.05, 4.69) is 10.4 Å². The van der Waals surface area contributed by atoms with Gasteiger partial charge in [0.25, 0.3) is 0 Å². The fourth-order valence-electron chi connectivity index (χ4n) is 4.88. The molecule has 2 bridgehead atoms. The summed E-state index contributed by atoms with van der Waals surface area (Å²) in [7, 11) is 0. The van der Waals surface area contributed by atoms with Crippen molar-refractivity contribution < 1.29 is 19.1 Å². The highest BCUT2D eigenvalue weighted by Gasteiger charge is 2.63. The molecule has 3 saturated heterocycles. The van der Waals surface area contributed by atoms with Crippen LogP contribution < -0.4 is 5.32 Å². The van der Waals surface area contributed by atoms with Crippen molar-refractivity contribution in [2.45, 2.75) is 65.3 Å². The Balaban J connectivity index is 1.34. The summed E-state index contributed by atoms with van der Waals surface area (Å²) in [5.41, 5.74) is 2.05. The lowest BCUT2D eigenvalue weighted by atomic mass is 9.81. The average Bonchev–Trinajstić information content (AvgIpc) is 3.38. The van der Waals surface area contributed by atoms with E-state index in [0.29, 0.717) is 13.1 Å². The summed E-state index contributed by atoms with van der Waals surface area (Å²) in [5, 5.41) is 7.34. The molecule has 3 aliphatic heterocycles. The molecule has 1 aromatic heterocycles. The first kappa shape index (κ1) is 19.1. The number of fused-ring (bicyclic) bond motifs is 5. The van der Waals surface area contributed by atoms with Gasteiger partial charge < -0.3 is 10.1 Å². The number of ether oxygens (including phenoxy) is 1. The lowest BCUT2D eigenvalue weighted by Crippen LogP contribution is -2.50. The van der Waals surface area contributed by atoms with Crippen LogP contribution >= 0.6 is 0 Å². The number of carbonyl (C=O) groups excluding carboxylic acids is 3. The van der Waals surface area contributed by atoms with Gasteiger partial charge in [0.1, 0.15) is 6.04 Å². The summed E-state index contributed by atoms with van der Waals surface area (Å²) in [6.45, 7) is 8.77. The number of hydrogen-bond donors (Lipinski definition) is 1. The van der Waals surface area contributed by atoms with Crippen LogP contribution in [0.4, 0.5) is 0 Å². The Labute approximate surface area is 164 Å². The normalized spacial score (nSPS) is 30.6. The number of aryl methyl sites for hydroxylation is 2. The van der Waals surface area contributed by atoms with Crippen molar-refractivity contribution in [2.75, 3.05) is 6.54 Å². The summed E-state index contributed by atoms with van der Waals surface area (Å²) in [4.78, 5) is 39.4. The SMILES string of the molecule is Cc1cc(C)n(C[C@H](C)CNC(=O)[C@H](C)N2C(=O)[C@H]3[C@H](C2=O)[C@H]2CC[C@H]3O2)n1. The number of nitrogens with zero attached hydrogens (tertiary/aromatic N) is 3. The molecule has 3 amide bonds. The third-order valence-electron chi connectivity index (χ3n) is 6.30. The molecule has 4 heterocycles. The molecule has 0 radical (unpaired) electrons. The van der Waals surface area contributed by atoms with Crippen molar-refractivity contribution in [1.29, 1.82) is 0 Å². The van der Waals surface area contributed by atoms with Crippen molar-refractivity contribution in [3.8, 4) is 0 Å². The second-order valence-corrected chi connectivity index (χ2v) is 8.52. The van der Waals surface area contributed by atoms with Crippen LogP contribution in [0.15, 0.2) is 6.07 Å². The van der Waals surface area contributed by atoms with E-state index in [9.17, 15) is 14.4 Å². The summed E-state index contributed by atoms with van der Waals surface area (Å²) >= 11 is 0. The van der Waals surface area contributed by atoms with E-state index in [1.54, 1.807) is 6.92 Å². The second-order valence-electron chi connectivity index (χ2n) is 8.52. The van der Waals surface area contributed by atoms with Crippen molar-refractivity contribution in [2.24, 2.45) is 17.8 Å². The van der Waals surface area contributed by atoms with Gasteiger partial charge in [0, 0.05) is 18.8 Å². The van der Waals surface area contributed by atoms with Crippen LogP contribution in [0, 0.1) is 31.6 Å². The molecular formula is C20H28N4O4. The number of imide groups is 1. The summed E-state index contributed by atoms with van der Waals surface area (Å²) in [6, 6.07) is 1.22. The van der Waals surface area contributed by atoms with E-state index in [-0.39, 0.29) is 35.8 Å². The molecule has 0 spiro atoms. The third kappa shape index (κ3) is 3.03. The van der Waals surface area contributed by atoms with E-state index < -0.39 is 17.9 Å². The van der Waals surface area contributed by atoms with Gasteiger partial charge in [-0.15, -0.1) is 0 Å². The fraction of sp³-hybridized carbons (Fsp3) is 0.700. The summed E-state index contributed by atoms with van der Waals surface area (Å²) < 4.78 is 7.67. The average molecular weight is 388 g/mol.